The molecule has 0 aromatic heterocycles. The Bertz CT molecular complexity index is 830. The van der Waals surface area contributed by atoms with Gasteiger partial charge in [0.05, 0.1) is 11.1 Å². The van der Waals surface area contributed by atoms with Crippen LogP contribution in [0, 0.1) is 6.92 Å². The highest BCUT2D eigenvalue weighted by molar-refractivity contribution is 6.25. The number of aryl methyl sites for hydroxylation is 1. The van der Waals surface area contributed by atoms with Gasteiger partial charge in [-0.25, -0.2) is 4.79 Å². The van der Waals surface area contributed by atoms with Crippen LogP contribution in [0.25, 0.3) is 0 Å². The fourth-order valence-electron chi connectivity index (χ4n) is 2.98. The molecule has 0 spiro atoms. The number of benzene rings is 1. The van der Waals surface area contributed by atoms with Crippen LogP contribution in [-0.4, -0.2) is 52.3 Å². The van der Waals surface area contributed by atoms with Crippen LogP contribution >= 0.6 is 0 Å². The van der Waals surface area contributed by atoms with Crippen molar-refractivity contribution in [1.29, 1.82) is 0 Å². The average Bonchev–Trinajstić information content (AvgIpc) is 2.80. The van der Waals surface area contributed by atoms with Crippen molar-refractivity contribution >= 4 is 29.6 Å². The molecule has 4 amide bonds. The van der Waals surface area contributed by atoms with E-state index in [1.165, 1.54) is 12.1 Å². The first-order valence-corrected chi connectivity index (χ1v) is 7.51. The van der Waals surface area contributed by atoms with Gasteiger partial charge in [0.2, 0.25) is 11.8 Å². The molecule has 9 heteroatoms. The lowest BCUT2D eigenvalue weighted by Gasteiger charge is -2.27. The summed E-state index contributed by atoms with van der Waals surface area (Å²) in [4.78, 5) is 60.3. The van der Waals surface area contributed by atoms with Gasteiger partial charge in [0.15, 0.2) is 6.61 Å². The number of carboxylic acid groups (broad SMARTS) is 1. The molecule has 1 saturated heterocycles. The molecule has 0 bridgehead atoms. The molecular weight excluding hydrogens is 332 g/mol. The van der Waals surface area contributed by atoms with Crippen molar-refractivity contribution in [3.63, 3.8) is 0 Å². The quantitative estimate of drug-likeness (QED) is 0.726. The van der Waals surface area contributed by atoms with Crippen LogP contribution in [0.15, 0.2) is 12.1 Å². The lowest BCUT2D eigenvalue weighted by molar-refractivity contribution is -0.139. The van der Waals surface area contributed by atoms with E-state index in [9.17, 15) is 24.0 Å². The Morgan fingerprint density at radius 3 is 2.56 bits per heavy atom. The lowest BCUT2D eigenvalue weighted by atomic mass is 10.0. The van der Waals surface area contributed by atoms with Crippen LogP contribution in [0.3, 0.4) is 0 Å². The highest BCUT2D eigenvalue weighted by Crippen LogP contribution is 2.35. The summed E-state index contributed by atoms with van der Waals surface area (Å²) in [7, 11) is 0. The second-order valence-corrected chi connectivity index (χ2v) is 5.76. The number of nitrogens with one attached hydrogen (secondary N) is 1. The predicted molar refractivity (Wildman–Crippen MR) is 81.0 cm³/mol. The normalized spacial score (nSPS) is 19.7. The summed E-state index contributed by atoms with van der Waals surface area (Å²) in [5.74, 6) is -3.83. The molecule has 2 heterocycles. The third kappa shape index (κ3) is 2.73. The SMILES string of the molecule is Cc1ccc(OCC(=O)O)c2c1C(=O)N(C1CCC(=O)NC1=O)C2=O. The molecule has 0 radical (unpaired) electrons. The van der Waals surface area contributed by atoms with Crippen molar-refractivity contribution in [2.75, 3.05) is 6.61 Å². The molecule has 1 atom stereocenters. The van der Waals surface area contributed by atoms with E-state index in [4.69, 9.17) is 9.84 Å². The maximum absolute atomic E-state index is 12.8. The number of aliphatic carboxylic acids is 1. The van der Waals surface area contributed by atoms with Gasteiger partial charge in [-0.1, -0.05) is 6.07 Å². The first-order chi connectivity index (χ1) is 11.8. The van der Waals surface area contributed by atoms with Crippen molar-refractivity contribution in [3.05, 3.63) is 28.8 Å². The van der Waals surface area contributed by atoms with Gasteiger partial charge in [0, 0.05) is 6.42 Å². The predicted octanol–water partition coefficient (Wildman–Crippen LogP) is -0.140. The fourth-order valence-corrected chi connectivity index (χ4v) is 2.98. The zero-order valence-electron chi connectivity index (χ0n) is 13.2. The van der Waals surface area contributed by atoms with Crippen LogP contribution in [-0.2, 0) is 14.4 Å². The van der Waals surface area contributed by atoms with Gasteiger partial charge in [0.25, 0.3) is 11.8 Å². The summed E-state index contributed by atoms with van der Waals surface area (Å²) in [5.41, 5.74) is 0.527. The van der Waals surface area contributed by atoms with E-state index in [-0.39, 0.29) is 29.7 Å². The first kappa shape index (κ1) is 16.6. The van der Waals surface area contributed by atoms with E-state index >= 15 is 0 Å². The lowest BCUT2D eigenvalue weighted by Crippen LogP contribution is -2.54. The molecule has 0 saturated carbocycles. The molecule has 9 nitrogen and oxygen atoms in total. The molecule has 2 aliphatic rings. The van der Waals surface area contributed by atoms with Crippen molar-refractivity contribution < 1.29 is 33.8 Å². The molecule has 2 N–H and O–H groups in total. The summed E-state index contributed by atoms with van der Waals surface area (Å²) < 4.78 is 5.11. The summed E-state index contributed by atoms with van der Waals surface area (Å²) in [6.07, 6.45) is 0.0612. The number of fused-ring (bicyclic) bond motifs is 1. The monoisotopic (exact) mass is 346 g/mol. The van der Waals surface area contributed by atoms with Crippen molar-refractivity contribution in [2.24, 2.45) is 0 Å². The van der Waals surface area contributed by atoms with Crippen molar-refractivity contribution in [1.82, 2.24) is 10.2 Å². The van der Waals surface area contributed by atoms with E-state index < -0.39 is 42.2 Å². The molecule has 3 rings (SSSR count). The molecule has 1 fully saturated rings. The second kappa shape index (κ2) is 6.00. The third-order valence-electron chi connectivity index (χ3n) is 4.11. The number of piperidine rings is 1. The Hall–Kier alpha value is -3.23. The number of hydrogen-bond acceptors (Lipinski definition) is 6. The molecule has 1 unspecified atom stereocenters. The number of imide groups is 2. The van der Waals surface area contributed by atoms with Crippen molar-refractivity contribution in [2.45, 2.75) is 25.8 Å². The molecule has 2 aliphatic heterocycles. The van der Waals surface area contributed by atoms with Gasteiger partial charge in [-0.3, -0.25) is 29.4 Å². The maximum Gasteiger partial charge on any atom is 0.341 e. The maximum atomic E-state index is 12.8. The fraction of sp³-hybridized carbons (Fsp3) is 0.312. The second-order valence-electron chi connectivity index (χ2n) is 5.76. The Morgan fingerprint density at radius 1 is 1.24 bits per heavy atom. The van der Waals surface area contributed by atoms with Crippen LogP contribution in [0.4, 0.5) is 0 Å². The van der Waals surface area contributed by atoms with Crippen LogP contribution in [0.1, 0.15) is 39.1 Å². The highest BCUT2D eigenvalue weighted by Gasteiger charge is 2.46. The van der Waals surface area contributed by atoms with Gasteiger partial charge in [-0.2, -0.15) is 0 Å². The Morgan fingerprint density at radius 2 is 1.92 bits per heavy atom. The number of carbonyl (C=O) groups is 5. The minimum atomic E-state index is -1.23. The highest BCUT2D eigenvalue weighted by atomic mass is 16.5. The van der Waals surface area contributed by atoms with Gasteiger partial charge in [-0.15, -0.1) is 0 Å². The number of nitrogens with zero attached hydrogens (tertiary/aromatic N) is 1. The number of carbonyl (C=O) groups excluding carboxylic acids is 4. The molecular formula is C16H14N2O7. The van der Waals surface area contributed by atoms with Gasteiger partial charge in [-0.05, 0) is 25.0 Å². The summed E-state index contributed by atoms with van der Waals surface area (Å²) in [6.45, 7) is 0.953. The Labute approximate surface area is 141 Å². The van der Waals surface area contributed by atoms with E-state index in [2.05, 4.69) is 5.32 Å². The topological polar surface area (TPSA) is 130 Å². The zero-order valence-corrected chi connectivity index (χ0v) is 13.2. The van der Waals surface area contributed by atoms with Gasteiger partial charge < -0.3 is 9.84 Å². The zero-order chi connectivity index (χ0) is 18.3. The summed E-state index contributed by atoms with van der Waals surface area (Å²) in [6, 6.07) is 1.86. The Kier molecular flexibility index (Phi) is 3.99. The average molecular weight is 346 g/mol. The number of amides is 4. The number of carboxylic acids is 1. The molecule has 0 aliphatic carbocycles. The van der Waals surface area contributed by atoms with E-state index in [1.54, 1.807) is 6.92 Å². The van der Waals surface area contributed by atoms with E-state index in [0.717, 1.165) is 4.90 Å². The largest absolute Gasteiger partial charge is 0.481 e. The molecule has 1 aromatic rings. The minimum absolute atomic E-state index is 0.0190. The summed E-state index contributed by atoms with van der Waals surface area (Å²) >= 11 is 0. The van der Waals surface area contributed by atoms with Gasteiger partial charge in [0.1, 0.15) is 11.8 Å². The molecule has 130 valence electrons. The van der Waals surface area contributed by atoms with Gasteiger partial charge >= 0.3 is 5.97 Å². The number of ether oxygens (including phenoxy) is 1. The number of hydrogen-bond donors (Lipinski definition) is 2. The van der Waals surface area contributed by atoms with Crippen molar-refractivity contribution in [3.8, 4) is 5.75 Å². The van der Waals surface area contributed by atoms with Crippen LogP contribution in [0.2, 0.25) is 0 Å². The third-order valence-corrected chi connectivity index (χ3v) is 4.11. The minimum Gasteiger partial charge on any atom is -0.481 e. The van der Waals surface area contributed by atoms with E-state index in [1.807, 2.05) is 0 Å². The summed E-state index contributed by atoms with van der Waals surface area (Å²) in [5, 5.41) is 10.8. The van der Waals surface area contributed by atoms with Crippen LogP contribution in [0.5, 0.6) is 5.75 Å². The molecule has 1 aromatic carbocycles. The Balaban J connectivity index is 1.99. The van der Waals surface area contributed by atoms with Crippen LogP contribution < -0.4 is 10.1 Å². The smallest absolute Gasteiger partial charge is 0.341 e. The first-order valence-electron chi connectivity index (χ1n) is 7.51. The number of rotatable bonds is 4. The van der Waals surface area contributed by atoms with E-state index in [0.29, 0.717) is 5.56 Å². The standard InChI is InChI=1S/C16H14N2O7/c1-7-2-4-9(25-6-11(20)21)13-12(7)15(23)18(16(13)24)8-3-5-10(19)17-14(8)22/h2,4,8H,3,5-6H2,1H3,(H,20,21)(H,17,19,22). The molecule has 25 heavy (non-hydrogen) atoms.